The quantitative estimate of drug-likeness (QED) is 0.802. The van der Waals surface area contributed by atoms with Gasteiger partial charge < -0.3 is 19.9 Å². The number of rotatable bonds is 7. The summed E-state index contributed by atoms with van der Waals surface area (Å²) in [6, 6.07) is 5.32. The number of hydrogen-bond acceptors (Lipinski definition) is 4. The molecule has 5 heteroatoms. The molecule has 0 heterocycles. The summed E-state index contributed by atoms with van der Waals surface area (Å²) in [6.07, 6.45) is -0.463. The van der Waals surface area contributed by atoms with Crippen LogP contribution in [-0.4, -0.2) is 37.6 Å². The Labute approximate surface area is 113 Å². The van der Waals surface area contributed by atoms with Crippen molar-refractivity contribution in [1.29, 1.82) is 0 Å². The molecular weight excluding hydrogens is 254 g/mol. The predicted molar refractivity (Wildman–Crippen MR) is 73.6 cm³/mol. The minimum atomic E-state index is -0.574. The van der Waals surface area contributed by atoms with Gasteiger partial charge in [-0.15, -0.1) is 0 Å². The van der Waals surface area contributed by atoms with Crippen molar-refractivity contribution >= 4 is 17.3 Å². The first-order valence-electron chi connectivity index (χ1n) is 5.90. The van der Waals surface area contributed by atoms with Crippen LogP contribution in [0.1, 0.15) is 13.8 Å². The average molecular weight is 274 g/mol. The first-order chi connectivity index (χ1) is 8.52. The number of ether oxygens (including phenoxy) is 2. The number of methoxy groups -OCH3 is 1. The van der Waals surface area contributed by atoms with E-state index in [0.717, 1.165) is 11.4 Å². The van der Waals surface area contributed by atoms with Gasteiger partial charge in [0.2, 0.25) is 0 Å². The van der Waals surface area contributed by atoms with Crippen molar-refractivity contribution < 1.29 is 14.6 Å². The van der Waals surface area contributed by atoms with E-state index in [1.165, 1.54) is 0 Å². The lowest BCUT2D eigenvalue weighted by Crippen LogP contribution is -2.26. The van der Waals surface area contributed by atoms with E-state index in [4.69, 9.17) is 21.1 Å². The summed E-state index contributed by atoms with van der Waals surface area (Å²) in [5.74, 6) is 0.717. The number of nitrogens with one attached hydrogen (secondary N) is 1. The van der Waals surface area contributed by atoms with E-state index in [2.05, 4.69) is 5.32 Å². The van der Waals surface area contributed by atoms with E-state index in [0.29, 0.717) is 18.2 Å². The van der Waals surface area contributed by atoms with Gasteiger partial charge in [0.05, 0.1) is 36.6 Å². The highest BCUT2D eigenvalue weighted by molar-refractivity contribution is 6.33. The average Bonchev–Trinajstić information content (AvgIpc) is 2.35. The second kappa shape index (κ2) is 7.46. The molecule has 0 bridgehead atoms. The largest absolute Gasteiger partial charge is 0.497 e. The van der Waals surface area contributed by atoms with E-state index in [1.54, 1.807) is 25.3 Å². The van der Waals surface area contributed by atoms with Gasteiger partial charge in [0.25, 0.3) is 0 Å². The van der Waals surface area contributed by atoms with Crippen LogP contribution in [0.2, 0.25) is 5.02 Å². The van der Waals surface area contributed by atoms with Gasteiger partial charge in [-0.2, -0.15) is 0 Å². The molecule has 0 amide bonds. The molecule has 0 aromatic heterocycles. The number of hydrogen-bond donors (Lipinski definition) is 2. The summed E-state index contributed by atoms with van der Waals surface area (Å²) in [6.45, 7) is 4.53. The molecule has 1 aromatic carbocycles. The zero-order valence-corrected chi connectivity index (χ0v) is 11.7. The van der Waals surface area contributed by atoms with Crippen LogP contribution in [0.25, 0.3) is 0 Å². The van der Waals surface area contributed by atoms with Gasteiger partial charge in [0, 0.05) is 12.6 Å². The van der Waals surface area contributed by atoms with Crippen LogP contribution in [0.3, 0.4) is 0 Å². The van der Waals surface area contributed by atoms with Gasteiger partial charge in [-0.1, -0.05) is 11.6 Å². The van der Waals surface area contributed by atoms with Crippen molar-refractivity contribution in [3.63, 3.8) is 0 Å². The number of aliphatic hydroxyl groups excluding tert-OH is 1. The van der Waals surface area contributed by atoms with E-state index in [9.17, 15) is 5.11 Å². The molecule has 18 heavy (non-hydrogen) atoms. The van der Waals surface area contributed by atoms with Crippen LogP contribution >= 0.6 is 11.6 Å². The molecule has 0 fully saturated rings. The summed E-state index contributed by atoms with van der Waals surface area (Å²) in [4.78, 5) is 0. The Morgan fingerprint density at radius 2 is 2.11 bits per heavy atom. The Balaban J connectivity index is 2.47. The van der Waals surface area contributed by atoms with Crippen LogP contribution in [0, 0.1) is 0 Å². The highest BCUT2D eigenvalue weighted by Gasteiger charge is 2.08. The van der Waals surface area contributed by atoms with Gasteiger partial charge in [-0.05, 0) is 26.0 Å². The Hall–Kier alpha value is -0.970. The second-order valence-corrected chi connectivity index (χ2v) is 4.67. The zero-order valence-electron chi connectivity index (χ0n) is 10.9. The minimum Gasteiger partial charge on any atom is -0.497 e. The van der Waals surface area contributed by atoms with Crippen LogP contribution < -0.4 is 10.1 Å². The van der Waals surface area contributed by atoms with Crippen molar-refractivity contribution in [3.05, 3.63) is 23.2 Å². The van der Waals surface area contributed by atoms with Crippen molar-refractivity contribution in [1.82, 2.24) is 0 Å². The molecule has 0 saturated carbocycles. The van der Waals surface area contributed by atoms with Gasteiger partial charge in [0.1, 0.15) is 5.75 Å². The zero-order chi connectivity index (χ0) is 13.5. The standard InChI is InChI=1S/C13H20ClNO3/c1-9(2)18-8-10(16)7-15-13-6-11(17-3)4-5-12(13)14/h4-6,9-10,15-16H,7-8H2,1-3H3. The lowest BCUT2D eigenvalue weighted by Gasteiger charge is -2.16. The molecule has 0 aliphatic rings. The Morgan fingerprint density at radius 3 is 2.72 bits per heavy atom. The molecular formula is C13H20ClNO3. The van der Waals surface area contributed by atoms with Crippen molar-refractivity contribution in [3.8, 4) is 5.75 Å². The molecule has 0 aliphatic carbocycles. The molecule has 0 saturated heterocycles. The van der Waals surface area contributed by atoms with Crippen LogP contribution in [-0.2, 0) is 4.74 Å². The molecule has 0 aliphatic heterocycles. The lowest BCUT2D eigenvalue weighted by molar-refractivity contribution is 0.0112. The monoisotopic (exact) mass is 273 g/mol. The maximum Gasteiger partial charge on any atom is 0.121 e. The summed E-state index contributed by atoms with van der Waals surface area (Å²) < 4.78 is 10.4. The number of halogens is 1. The second-order valence-electron chi connectivity index (χ2n) is 4.26. The lowest BCUT2D eigenvalue weighted by atomic mass is 10.3. The third-order valence-corrected chi connectivity index (χ3v) is 2.65. The van der Waals surface area contributed by atoms with Crippen LogP contribution in [0.15, 0.2) is 18.2 Å². The summed E-state index contributed by atoms with van der Waals surface area (Å²) in [7, 11) is 1.60. The van der Waals surface area contributed by atoms with Gasteiger partial charge in [-0.25, -0.2) is 0 Å². The maximum absolute atomic E-state index is 9.71. The van der Waals surface area contributed by atoms with E-state index in [-0.39, 0.29) is 6.10 Å². The SMILES string of the molecule is COc1ccc(Cl)c(NCC(O)COC(C)C)c1. The van der Waals surface area contributed by atoms with Gasteiger partial charge >= 0.3 is 0 Å². The first kappa shape index (κ1) is 15.1. The molecule has 1 rings (SSSR count). The third-order valence-electron chi connectivity index (χ3n) is 2.32. The van der Waals surface area contributed by atoms with Crippen LogP contribution in [0.4, 0.5) is 5.69 Å². The fourth-order valence-corrected chi connectivity index (χ4v) is 1.54. The normalized spacial score (nSPS) is 12.6. The molecule has 1 unspecified atom stereocenters. The Morgan fingerprint density at radius 1 is 1.39 bits per heavy atom. The number of aliphatic hydroxyl groups is 1. The van der Waals surface area contributed by atoms with Gasteiger partial charge in [-0.3, -0.25) is 0 Å². The maximum atomic E-state index is 9.71. The molecule has 0 spiro atoms. The fraction of sp³-hybridized carbons (Fsp3) is 0.538. The predicted octanol–water partition coefficient (Wildman–Crippen LogP) is 2.55. The Kier molecular flexibility index (Phi) is 6.25. The molecule has 4 nitrogen and oxygen atoms in total. The smallest absolute Gasteiger partial charge is 0.121 e. The minimum absolute atomic E-state index is 0.111. The van der Waals surface area contributed by atoms with E-state index in [1.807, 2.05) is 13.8 Å². The molecule has 102 valence electrons. The summed E-state index contributed by atoms with van der Waals surface area (Å²) in [5.41, 5.74) is 0.736. The highest BCUT2D eigenvalue weighted by Crippen LogP contribution is 2.26. The van der Waals surface area contributed by atoms with E-state index < -0.39 is 6.10 Å². The third kappa shape index (κ3) is 5.12. The number of benzene rings is 1. The molecule has 1 aromatic rings. The summed E-state index contributed by atoms with van der Waals surface area (Å²) >= 11 is 6.03. The topological polar surface area (TPSA) is 50.7 Å². The number of anilines is 1. The van der Waals surface area contributed by atoms with Gasteiger partial charge in [0.15, 0.2) is 0 Å². The van der Waals surface area contributed by atoms with Crippen molar-refractivity contribution in [2.24, 2.45) is 0 Å². The van der Waals surface area contributed by atoms with E-state index >= 15 is 0 Å². The fourth-order valence-electron chi connectivity index (χ4n) is 1.36. The molecule has 2 N–H and O–H groups in total. The molecule has 1 atom stereocenters. The van der Waals surface area contributed by atoms with Crippen LogP contribution in [0.5, 0.6) is 5.75 Å². The molecule has 0 radical (unpaired) electrons. The first-order valence-corrected chi connectivity index (χ1v) is 6.27. The highest BCUT2D eigenvalue weighted by atomic mass is 35.5. The van der Waals surface area contributed by atoms with Crippen molar-refractivity contribution in [2.75, 3.05) is 25.6 Å². The Bertz CT molecular complexity index is 371. The van der Waals surface area contributed by atoms with Crippen molar-refractivity contribution in [2.45, 2.75) is 26.1 Å². The summed E-state index contributed by atoms with van der Waals surface area (Å²) in [5, 5.41) is 13.4.